The van der Waals surface area contributed by atoms with Gasteiger partial charge < -0.3 is 10.1 Å². The van der Waals surface area contributed by atoms with E-state index in [0.29, 0.717) is 11.1 Å². The van der Waals surface area contributed by atoms with Crippen LogP contribution in [0.5, 0.6) is 0 Å². The normalized spacial score (nSPS) is 31.6. The van der Waals surface area contributed by atoms with Crippen LogP contribution in [-0.2, 0) is 4.74 Å². The van der Waals surface area contributed by atoms with Crippen LogP contribution in [0.15, 0.2) is 0 Å². The highest BCUT2D eigenvalue weighted by Gasteiger charge is 2.49. The van der Waals surface area contributed by atoms with Gasteiger partial charge in [-0.2, -0.15) is 0 Å². The molecule has 0 amide bonds. The fraction of sp³-hybridized carbons (Fsp3) is 1.00. The average Bonchev–Trinajstić information content (AvgIpc) is 3.25. The molecule has 2 rings (SSSR count). The minimum Gasteiger partial charge on any atom is -0.380 e. The summed E-state index contributed by atoms with van der Waals surface area (Å²) in [5, 5.41) is 3.89. The molecule has 1 saturated heterocycles. The third kappa shape index (κ3) is 3.14. The predicted octanol–water partition coefficient (Wildman–Crippen LogP) is 2.66. The van der Waals surface area contributed by atoms with E-state index in [1.807, 2.05) is 0 Å². The molecule has 1 atom stereocenters. The van der Waals surface area contributed by atoms with Crippen LogP contribution >= 0.6 is 0 Å². The fourth-order valence-corrected chi connectivity index (χ4v) is 3.67. The van der Waals surface area contributed by atoms with Gasteiger partial charge in [-0.1, -0.05) is 13.8 Å². The van der Waals surface area contributed by atoms with Gasteiger partial charge in [0.05, 0.1) is 6.61 Å². The average molecular weight is 268 g/mol. The SMILES string of the molecule is CCOCCN1CC(C)(C2CC2)NCC1(CC)CC. The molecule has 0 bridgehead atoms. The molecule has 1 unspecified atom stereocenters. The first-order valence-corrected chi connectivity index (χ1v) is 8.18. The van der Waals surface area contributed by atoms with Crippen molar-refractivity contribution in [3.8, 4) is 0 Å². The summed E-state index contributed by atoms with van der Waals surface area (Å²) >= 11 is 0. The van der Waals surface area contributed by atoms with Crippen molar-refractivity contribution < 1.29 is 4.74 Å². The van der Waals surface area contributed by atoms with Crippen molar-refractivity contribution in [3.05, 3.63) is 0 Å². The lowest BCUT2D eigenvalue weighted by Gasteiger charge is -2.54. The quantitative estimate of drug-likeness (QED) is 0.718. The Morgan fingerprint density at radius 2 is 1.89 bits per heavy atom. The van der Waals surface area contributed by atoms with Crippen molar-refractivity contribution in [2.24, 2.45) is 5.92 Å². The Balaban J connectivity index is 2.04. The van der Waals surface area contributed by atoms with Crippen molar-refractivity contribution >= 4 is 0 Å². The first-order chi connectivity index (χ1) is 9.10. The van der Waals surface area contributed by atoms with Crippen LogP contribution in [0.25, 0.3) is 0 Å². The largest absolute Gasteiger partial charge is 0.380 e. The Bertz CT molecular complexity index is 286. The van der Waals surface area contributed by atoms with E-state index in [1.54, 1.807) is 0 Å². The summed E-state index contributed by atoms with van der Waals surface area (Å²) < 4.78 is 5.60. The summed E-state index contributed by atoms with van der Waals surface area (Å²) in [6.07, 6.45) is 5.27. The number of rotatable bonds is 7. The molecule has 2 aliphatic rings. The minimum atomic E-state index is 0.333. The van der Waals surface area contributed by atoms with Gasteiger partial charge in [0.2, 0.25) is 0 Å². The number of piperazine rings is 1. The van der Waals surface area contributed by atoms with Gasteiger partial charge in [0, 0.05) is 37.3 Å². The molecule has 19 heavy (non-hydrogen) atoms. The van der Waals surface area contributed by atoms with E-state index >= 15 is 0 Å². The second-order valence-corrected chi connectivity index (χ2v) is 6.60. The highest BCUT2D eigenvalue weighted by molar-refractivity contribution is 5.08. The van der Waals surface area contributed by atoms with E-state index in [0.717, 1.165) is 32.2 Å². The maximum absolute atomic E-state index is 5.60. The molecule has 0 spiro atoms. The van der Waals surface area contributed by atoms with Gasteiger partial charge in [0.1, 0.15) is 0 Å². The summed E-state index contributed by atoms with van der Waals surface area (Å²) in [7, 11) is 0. The van der Waals surface area contributed by atoms with Crippen molar-refractivity contribution in [3.63, 3.8) is 0 Å². The van der Waals surface area contributed by atoms with E-state index in [9.17, 15) is 0 Å². The molecule has 1 aliphatic carbocycles. The maximum atomic E-state index is 5.60. The maximum Gasteiger partial charge on any atom is 0.0593 e. The Kier molecular flexibility index (Phi) is 4.91. The van der Waals surface area contributed by atoms with Gasteiger partial charge in [0.25, 0.3) is 0 Å². The zero-order chi connectivity index (χ0) is 13.9. The summed E-state index contributed by atoms with van der Waals surface area (Å²) in [5.74, 6) is 0.897. The summed E-state index contributed by atoms with van der Waals surface area (Å²) in [6.45, 7) is 14.3. The second-order valence-electron chi connectivity index (χ2n) is 6.60. The lowest BCUT2D eigenvalue weighted by Crippen LogP contribution is -2.70. The third-order valence-electron chi connectivity index (χ3n) is 5.52. The molecule has 1 aliphatic heterocycles. The molecule has 0 aromatic carbocycles. The van der Waals surface area contributed by atoms with Gasteiger partial charge in [0.15, 0.2) is 0 Å². The third-order valence-corrected chi connectivity index (χ3v) is 5.52. The zero-order valence-corrected chi connectivity index (χ0v) is 13.3. The van der Waals surface area contributed by atoms with E-state index < -0.39 is 0 Å². The number of nitrogens with zero attached hydrogens (tertiary/aromatic N) is 1. The standard InChI is InChI=1S/C16H32N2O/c1-5-16(6-2)12-17-15(4,14-8-9-14)13-18(16)10-11-19-7-3/h14,17H,5-13H2,1-4H3. The van der Waals surface area contributed by atoms with Crippen LogP contribution in [0.4, 0.5) is 0 Å². The van der Waals surface area contributed by atoms with Crippen molar-refractivity contribution in [1.82, 2.24) is 10.2 Å². The zero-order valence-electron chi connectivity index (χ0n) is 13.3. The van der Waals surface area contributed by atoms with Gasteiger partial charge in [-0.15, -0.1) is 0 Å². The first-order valence-electron chi connectivity index (χ1n) is 8.18. The van der Waals surface area contributed by atoms with E-state index in [-0.39, 0.29) is 0 Å². The van der Waals surface area contributed by atoms with Crippen molar-refractivity contribution in [2.45, 2.75) is 64.5 Å². The molecule has 1 N–H and O–H groups in total. The second kappa shape index (κ2) is 6.11. The Morgan fingerprint density at radius 1 is 1.21 bits per heavy atom. The van der Waals surface area contributed by atoms with Crippen LogP contribution in [0, 0.1) is 5.92 Å². The molecule has 0 radical (unpaired) electrons. The predicted molar refractivity (Wildman–Crippen MR) is 80.5 cm³/mol. The van der Waals surface area contributed by atoms with Crippen LogP contribution < -0.4 is 5.32 Å². The Morgan fingerprint density at radius 3 is 2.42 bits per heavy atom. The van der Waals surface area contributed by atoms with Gasteiger partial charge >= 0.3 is 0 Å². The molecular weight excluding hydrogens is 236 g/mol. The number of nitrogens with one attached hydrogen (secondary N) is 1. The van der Waals surface area contributed by atoms with Crippen LogP contribution in [0.1, 0.15) is 53.4 Å². The molecule has 3 nitrogen and oxygen atoms in total. The molecule has 3 heteroatoms. The summed E-state index contributed by atoms with van der Waals surface area (Å²) in [4.78, 5) is 2.72. The van der Waals surface area contributed by atoms with Gasteiger partial charge in [-0.25, -0.2) is 0 Å². The van der Waals surface area contributed by atoms with E-state index in [2.05, 4.69) is 37.9 Å². The first kappa shape index (κ1) is 15.3. The monoisotopic (exact) mass is 268 g/mol. The molecule has 112 valence electrons. The highest BCUT2D eigenvalue weighted by Crippen LogP contribution is 2.43. The topological polar surface area (TPSA) is 24.5 Å². The molecule has 1 heterocycles. The Hall–Kier alpha value is -0.120. The number of hydrogen-bond acceptors (Lipinski definition) is 3. The molecule has 0 aromatic heterocycles. The van der Waals surface area contributed by atoms with Gasteiger partial charge in [-0.3, -0.25) is 4.90 Å². The molecule has 0 aromatic rings. The van der Waals surface area contributed by atoms with E-state index in [1.165, 1.54) is 32.2 Å². The smallest absolute Gasteiger partial charge is 0.0593 e. The minimum absolute atomic E-state index is 0.333. The lowest BCUT2D eigenvalue weighted by atomic mass is 9.81. The van der Waals surface area contributed by atoms with Crippen molar-refractivity contribution in [1.29, 1.82) is 0 Å². The van der Waals surface area contributed by atoms with Crippen LogP contribution in [0.2, 0.25) is 0 Å². The summed E-state index contributed by atoms with van der Waals surface area (Å²) in [5.41, 5.74) is 0.672. The van der Waals surface area contributed by atoms with Gasteiger partial charge in [-0.05, 0) is 45.4 Å². The number of ether oxygens (including phenoxy) is 1. The molecule has 2 fully saturated rings. The van der Waals surface area contributed by atoms with Crippen LogP contribution in [-0.4, -0.2) is 48.8 Å². The molecular formula is C16H32N2O. The Labute approximate surface area is 119 Å². The fourth-order valence-electron chi connectivity index (χ4n) is 3.67. The van der Waals surface area contributed by atoms with Crippen molar-refractivity contribution in [2.75, 3.05) is 32.8 Å². The highest BCUT2D eigenvalue weighted by atomic mass is 16.5. The lowest BCUT2D eigenvalue weighted by molar-refractivity contribution is -0.0209. The summed E-state index contributed by atoms with van der Waals surface area (Å²) in [6, 6.07) is 0. The molecule has 1 saturated carbocycles. The number of hydrogen-bond donors (Lipinski definition) is 1. The van der Waals surface area contributed by atoms with E-state index in [4.69, 9.17) is 4.74 Å². The van der Waals surface area contributed by atoms with Crippen LogP contribution in [0.3, 0.4) is 0 Å².